The molecule has 86 valence electrons. The monoisotopic (exact) mass is 221 g/mol. The van der Waals surface area contributed by atoms with Crippen LogP contribution in [0, 0.1) is 0 Å². The molecule has 0 unspecified atom stereocenters. The van der Waals surface area contributed by atoms with E-state index in [0.29, 0.717) is 31.1 Å². The first-order chi connectivity index (χ1) is 7.77. The van der Waals surface area contributed by atoms with E-state index in [9.17, 15) is 4.79 Å². The zero-order valence-electron chi connectivity index (χ0n) is 9.07. The molecule has 2 N–H and O–H groups in total. The van der Waals surface area contributed by atoms with Crippen molar-refractivity contribution >= 4 is 11.7 Å². The number of nitrogens with two attached hydrogens (primary N) is 1. The Bertz CT molecular complexity index is 390. The minimum absolute atomic E-state index is 0.291. The minimum atomic E-state index is -0.291. The first kappa shape index (κ1) is 11.0. The van der Waals surface area contributed by atoms with Crippen LogP contribution in [0.1, 0.15) is 22.3 Å². The molecule has 0 fully saturated rings. The Morgan fingerprint density at radius 2 is 2.06 bits per heavy atom. The normalized spacial score (nSPS) is 17.4. The Balaban J connectivity index is 2.28. The second-order valence-corrected chi connectivity index (χ2v) is 3.77. The molecule has 0 saturated heterocycles. The van der Waals surface area contributed by atoms with Crippen LogP contribution in [0.3, 0.4) is 0 Å². The van der Waals surface area contributed by atoms with Crippen LogP contribution in [-0.2, 0) is 15.9 Å². The third-order valence-corrected chi connectivity index (χ3v) is 2.54. The largest absolute Gasteiger partial charge is 0.460 e. The number of nitrogen functional groups attached to an aromatic ring is 1. The number of anilines is 1. The van der Waals surface area contributed by atoms with E-state index in [1.54, 1.807) is 12.1 Å². The van der Waals surface area contributed by atoms with Crippen molar-refractivity contribution in [2.24, 2.45) is 0 Å². The van der Waals surface area contributed by atoms with Crippen LogP contribution in [0.5, 0.6) is 0 Å². The van der Waals surface area contributed by atoms with Crippen LogP contribution in [0.15, 0.2) is 18.2 Å². The lowest BCUT2D eigenvalue weighted by Crippen LogP contribution is -2.15. The van der Waals surface area contributed by atoms with E-state index in [1.165, 1.54) is 0 Å². The summed E-state index contributed by atoms with van der Waals surface area (Å²) < 4.78 is 10.4. The molecule has 1 aromatic carbocycles. The van der Waals surface area contributed by atoms with E-state index in [-0.39, 0.29) is 5.97 Å². The Hall–Kier alpha value is -1.55. The zero-order chi connectivity index (χ0) is 11.4. The molecule has 0 aromatic heterocycles. The standard InChI is InChI=1S/C12H15NO3/c13-10-3-4-11-9(8-10)2-1-5-15-6-7-16-12(11)14/h3-4,8H,1-2,5-7,13H2. The van der Waals surface area contributed by atoms with Crippen LogP contribution in [0.4, 0.5) is 5.69 Å². The van der Waals surface area contributed by atoms with E-state index < -0.39 is 0 Å². The maximum Gasteiger partial charge on any atom is 0.338 e. The molecule has 0 spiro atoms. The molecule has 0 radical (unpaired) electrons. The second-order valence-electron chi connectivity index (χ2n) is 3.77. The average Bonchev–Trinajstić information content (AvgIpc) is 2.27. The fraction of sp³-hybridized carbons (Fsp3) is 0.417. The first-order valence-corrected chi connectivity index (χ1v) is 5.40. The number of benzene rings is 1. The molecule has 0 amide bonds. The van der Waals surface area contributed by atoms with Gasteiger partial charge in [-0.2, -0.15) is 0 Å². The maximum atomic E-state index is 11.7. The van der Waals surface area contributed by atoms with Gasteiger partial charge in [0.15, 0.2) is 0 Å². The molecule has 0 aliphatic carbocycles. The van der Waals surface area contributed by atoms with E-state index in [4.69, 9.17) is 15.2 Å². The molecular formula is C12H15NO3. The molecule has 16 heavy (non-hydrogen) atoms. The molecule has 4 heteroatoms. The summed E-state index contributed by atoms with van der Waals surface area (Å²) >= 11 is 0. The van der Waals surface area contributed by atoms with Gasteiger partial charge in [0, 0.05) is 12.3 Å². The third kappa shape index (κ3) is 2.52. The number of hydrogen-bond donors (Lipinski definition) is 1. The Morgan fingerprint density at radius 1 is 1.19 bits per heavy atom. The van der Waals surface area contributed by atoms with Gasteiger partial charge in [-0.15, -0.1) is 0 Å². The maximum absolute atomic E-state index is 11.7. The van der Waals surface area contributed by atoms with Crippen LogP contribution in [0.25, 0.3) is 0 Å². The van der Waals surface area contributed by atoms with Crippen molar-refractivity contribution in [3.63, 3.8) is 0 Å². The minimum Gasteiger partial charge on any atom is -0.460 e. The van der Waals surface area contributed by atoms with Crippen LogP contribution < -0.4 is 5.73 Å². The summed E-state index contributed by atoms with van der Waals surface area (Å²) in [5.74, 6) is -0.291. The molecule has 4 nitrogen and oxygen atoms in total. The van der Waals surface area contributed by atoms with Gasteiger partial charge in [0.25, 0.3) is 0 Å². The number of aryl methyl sites for hydroxylation is 1. The number of hydrogen-bond acceptors (Lipinski definition) is 4. The summed E-state index contributed by atoms with van der Waals surface area (Å²) in [5.41, 5.74) is 7.94. The molecule has 0 atom stereocenters. The summed E-state index contributed by atoms with van der Waals surface area (Å²) in [7, 11) is 0. The third-order valence-electron chi connectivity index (χ3n) is 2.54. The second kappa shape index (κ2) is 4.99. The summed E-state index contributed by atoms with van der Waals surface area (Å²) in [6.45, 7) is 1.46. The number of rotatable bonds is 0. The molecule has 1 aliphatic heterocycles. The van der Waals surface area contributed by atoms with Crippen LogP contribution in [0.2, 0.25) is 0 Å². The number of carbonyl (C=O) groups is 1. The molecule has 1 heterocycles. The van der Waals surface area contributed by atoms with Gasteiger partial charge in [0.05, 0.1) is 12.2 Å². The molecule has 0 saturated carbocycles. The van der Waals surface area contributed by atoms with Crippen molar-refractivity contribution < 1.29 is 14.3 Å². The number of carbonyl (C=O) groups excluding carboxylic acids is 1. The van der Waals surface area contributed by atoms with Crippen molar-refractivity contribution in [3.8, 4) is 0 Å². The van der Waals surface area contributed by atoms with Gasteiger partial charge in [-0.1, -0.05) is 0 Å². The highest BCUT2D eigenvalue weighted by Gasteiger charge is 2.14. The van der Waals surface area contributed by atoms with Crippen LogP contribution >= 0.6 is 0 Å². The fourth-order valence-electron chi connectivity index (χ4n) is 1.76. The molecule has 0 bridgehead atoms. The van der Waals surface area contributed by atoms with Crippen molar-refractivity contribution in [2.75, 3.05) is 25.6 Å². The highest BCUT2D eigenvalue weighted by molar-refractivity contribution is 5.91. The van der Waals surface area contributed by atoms with Gasteiger partial charge in [-0.25, -0.2) is 4.79 Å². The lowest BCUT2D eigenvalue weighted by Gasteiger charge is -2.13. The van der Waals surface area contributed by atoms with Gasteiger partial charge in [0.1, 0.15) is 6.61 Å². The average molecular weight is 221 g/mol. The van der Waals surface area contributed by atoms with E-state index in [0.717, 1.165) is 18.4 Å². The lowest BCUT2D eigenvalue weighted by molar-refractivity contribution is 0.0302. The van der Waals surface area contributed by atoms with Crippen molar-refractivity contribution in [3.05, 3.63) is 29.3 Å². The van der Waals surface area contributed by atoms with Gasteiger partial charge < -0.3 is 15.2 Å². The SMILES string of the molecule is Nc1ccc2c(c1)CCCOCCOC2=O. The highest BCUT2D eigenvalue weighted by Crippen LogP contribution is 2.17. The first-order valence-electron chi connectivity index (χ1n) is 5.40. The number of ether oxygens (including phenoxy) is 2. The lowest BCUT2D eigenvalue weighted by atomic mass is 10.0. The quantitative estimate of drug-likeness (QED) is 0.531. The molecular weight excluding hydrogens is 206 g/mol. The Labute approximate surface area is 94.3 Å². The molecule has 2 rings (SSSR count). The zero-order valence-corrected chi connectivity index (χ0v) is 9.07. The summed E-state index contributed by atoms with van der Waals surface area (Å²) in [6.07, 6.45) is 1.68. The van der Waals surface area contributed by atoms with Gasteiger partial charge in [-0.3, -0.25) is 0 Å². The summed E-state index contributed by atoms with van der Waals surface area (Å²) in [5, 5.41) is 0. The Kier molecular flexibility index (Phi) is 3.41. The number of esters is 1. The Morgan fingerprint density at radius 3 is 2.94 bits per heavy atom. The van der Waals surface area contributed by atoms with Crippen molar-refractivity contribution in [1.82, 2.24) is 0 Å². The topological polar surface area (TPSA) is 61.6 Å². The molecule has 1 aliphatic rings. The number of cyclic esters (lactones) is 1. The van der Waals surface area contributed by atoms with E-state index in [2.05, 4.69) is 0 Å². The van der Waals surface area contributed by atoms with Crippen LogP contribution in [-0.4, -0.2) is 25.8 Å². The predicted octanol–water partition coefficient (Wildman–Crippen LogP) is 1.39. The summed E-state index contributed by atoms with van der Waals surface area (Å²) in [4.78, 5) is 11.7. The molecule has 1 aromatic rings. The summed E-state index contributed by atoms with van der Waals surface area (Å²) in [6, 6.07) is 5.29. The predicted molar refractivity (Wildman–Crippen MR) is 60.3 cm³/mol. The van der Waals surface area contributed by atoms with Gasteiger partial charge in [0.2, 0.25) is 0 Å². The van der Waals surface area contributed by atoms with E-state index >= 15 is 0 Å². The van der Waals surface area contributed by atoms with Crippen molar-refractivity contribution in [2.45, 2.75) is 12.8 Å². The number of fused-ring (bicyclic) bond motifs is 1. The smallest absolute Gasteiger partial charge is 0.338 e. The van der Waals surface area contributed by atoms with E-state index in [1.807, 2.05) is 6.07 Å². The fourth-order valence-corrected chi connectivity index (χ4v) is 1.76. The van der Waals surface area contributed by atoms with Gasteiger partial charge >= 0.3 is 5.97 Å². The highest BCUT2D eigenvalue weighted by atomic mass is 16.6. The van der Waals surface area contributed by atoms with Gasteiger partial charge in [-0.05, 0) is 36.6 Å². The van der Waals surface area contributed by atoms with Crippen molar-refractivity contribution in [1.29, 1.82) is 0 Å².